The fourth-order valence-electron chi connectivity index (χ4n) is 3.41. The molecule has 0 atom stereocenters. The van der Waals surface area contributed by atoms with E-state index >= 15 is 0 Å². The summed E-state index contributed by atoms with van der Waals surface area (Å²) in [7, 11) is 1.42. The van der Waals surface area contributed by atoms with Crippen LogP contribution in [0.2, 0.25) is 0 Å². The lowest BCUT2D eigenvalue weighted by Gasteiger charge is -2.40. The zero-order chi connectivity index (χ0) is 19.3. The molecule has 0 spiro atoms. The smallest absolute Gasteiger partial charge is 0.363 e. The monoisotopic (exact) mass is 374 g/mol. The van der Waals surface area contributed by atoms with E-state index in [1.165, 1.54) is 16.5 Å². The average Bonchev–Trinajstić information content (AvgIpc) is 3.07. The van der Waals surface area contributed by atoms with Crippen molar-refractivity contribution in [3.05, 3.63) is 40.8 Å². The molecule has 3 rings (SSSR count). The van der Waals surface area contributed by atoms with Crippen LogP contribution in [0, 0.1) is 0 Å². The largest absolute Gasteiger partial charge is 0.467 e. The van der Waals surface area contributed by atoms with Gasteiger partial charge in [0.05, 0.1) is 13.7 Å². The zero-order valence-electron chi connectivity index (χ0n) is 15.8. The SMILES string of the molecule is CCn1nnn(CCN2CCC(Nc3ccccc3)(C(=O)OC)CC2)c1=O. The second-order valence-corrected chi connectivity index (χ2v) is 6.71. The van der Waals surface area contributed by atoms with Gasteiger partial charge in [0.15, 0.2) is 0 Å². The van der Waals surface area contributed by atoms with Gasteiger partial charge in [0.25, 0.3) is 0 Å². The maximum absolute atomic E-state index is 12.5. The minimum atomic E-state index is -0.727. The van der Waals surface area contributed by atoms with Gasteiger partial charge >= 0.3 is 11.7 Å². The number of nitrogens with zero attached hydrogens (tertiary/aromatic N) is 5. The van der Waals surface area contributed by atoms with Gasteiger partial charge in [0.1, 0.15) is 5.54 Å². The Morgan fingerprint density at radius 1 is 1.15 bits per heavy atom. The van der Waals surface area contributed by atoms with Crippen molar-refractivity contribution < 1.29 is 9.53 Å². The van der Waals surface area contributed by atoms with Gasteiger partial charge in [-0.25, -0.2) is 9.59 Å². The summed E-state index contributed by atoms with van der Waals surface area (Å²) in [5.74, 6) is -0.242. The standard InChI is InChI=1S/C18H26N6O3/c1-3-23-17(26)24(21-20-23)14-13-22-11-9-18(10-12-22,16(25)27-2)19-15-7-5-4-6-8-15/h4-8,19H,3,9-14H2,1-2H3. The summed E-state index contributed by atoms with van der Waals surface area (Å²) in [6.45, 7) is 4.99. The number of hydrogen-bond donors (Lipinski definition) is 1. The molecule has 1 fully saturated rings. The third kappa shape index (κ3) is 4.19. The number of hydrogen-bond acceptors (Lipinski definition) is 7. The summed E-state index contributed by atoms with van der Waals surface area (Å²) >= 11 is 0. The van der Waals surface area contributed by atoms with Crippen LogP contribution in [0.1, 0.15) is 19.8 Å². The number of methoxy groups -OCH3 is 1. The number of likely N-dealkylation sites (tertiary alicyclic amines) is 1. The van der Waals surface area contributed by atoms with Crippen molar-refractivity contribution in [2.75, 3.05) is 32.1 Å². The topological polar surface area (TPSA) is 94.3 Å². The molecule has 1 aromatic carbocycles. The van der Waals surface area contributed by atoms with Crippen LogP contribution >= 0.6 is 0 Å². The molecule has 9 nitrogen and oxygen atoms in total. The van der Waals surface area contributed by atoms with E-state index in [2.05, 4.69) is 20.6 Å². The van der Waals surface area contributed by atoms with Crippen molar-refractivity contribution >= 4 is 11.7 Å². The molecule has 1 aliphatic rings. The fraction of sp³-hybridized carbons (Fsp3) is 0.556. The lowest BCUT2D eigenvalue weighted by molar-refractivity contribution is -0.147. The van der Waals surface area contributed by atoms with Gasteiger partial charge in [-0.3, -0.25) is 0 Å². The normalized spacial score (nSPS) is 16.8. The third-order valence-corrected chi connectivity index (χ3v) is 5.07. The zero-order valence-corrected chi connectivity index (χ0v) is 15.8. The summed E-state index contributed by atoms with van der Waals surface area (Å²) in [5.41, 5.74) is -0.0161. The molecule has 0 bridgehead atoms. The van der Waals surface area contributed by atoms with Crippen molar-refractivity contribution in [1.29, 1.82) is 0 Å². The van der Waals surface area contributed by atoms with Gasteiger partial charge in [0, 0.05) is 31.9 Å². The molecule has 1 N–H and O–H groups in total. The van der Waals surface area contributed by atoms with E-state index in [1.807, 2.05) is 37.3 Å². The number of esters is 1. The lowest BCUT2D eigenvalue weighted by Crippen LogP contribution is -2.55. The maximum atomic E-state index is 12.5. The number of piperidine rings is 1. The Kier molecular flexibility index (Phi) is 5.90. The van der Waals surface area contributed by atoms with E-state index in [9.17, 15) is 9.59 Å². The summed E-state index contributed by atoms with van der Waals surface area (Å²) in [4.78, 5) is 26.7. The van der Waals surface area contributed by atoms with Crippen LogP contribution in [0.5, 0.6) is 0 Å². The Labute approximate surface area is 157 Å². The number of aryl methyl sites for hydroxylation is 1. The molecular weight excluding hydrogens is 348 g/mol. The molecule has 1 aromatic heterocycles. The molecule has 0 aliphatic carbocycles. The van der Waals surface area contributed by atoms with Crippen molar-refractivity contribution in [2.45, 2.75) is 38.4 Å². The molecule has 0 radical (unpaired) electrons. The van der Waals surface area contributed by atoms with Crippen LogP contribution in [0.25, 0.3) is 0 Å². The predicted molar refractivity (Wildman–Crippen MR) is 100 cm³/mol. The number of carbonyl (C=O) groups is 1. The average molecular weight is 374 g/mol. The molecule has 27 heavy (non-hydrogen) atoms. The number of anilines is 1. The van der Waals surface area contributed by atoms with Crippen LogP contribution in [0.3, 0.4) is 0 Å². The number of ether oxygens (including phenoxy) is 1. The molecule has 0 unspecified atom stereocenters. The number of benzene rings is 1. The Hall–Kier alpha value is -2.68. The van der Waals surface area contributed by atoms with Gasteiger partial charge in [0.2, 0.25) is 0 Å². The lowest BCUT2D eigenvalue weighted by atomic mass is 9.87. The number of aromatic nitrogens is 4. The third-order valence-electron chi connectivity index (χ3n) is 5.07. The first kappa shape index (κ1) is 19.1. The summed E-state index contributed by atoms with van der Waals surface area (Å²) < 4.78 is 7.79. The minimum absolute atomic E-state index is 0.191. The van der Waals surface area contributed by atoms with Gasteiger partial charge < -0.3 is 15.0 Å². The van der Waals surface area contributed by atoms with Crippen molar-refractivity contribution in [3.8, 4) is 0 Å². The summed E-state index contributed by atoms with van der Waals surface area (Å²) in [5, 5.41) is 11.1. The first-order valence-electron chi connectivity index (χ1n) is 9.22. The van der Waals surface area contributed by atoms with Crippen molar-refractivity contribution in [2.24, 2.45) is 0 Å². The van der Waals surface area contributed by atoms with Crippen LogP contribution in [-0.4, -0.2) is 62.9 Å². The Morgan fingerprint density at radius 3 is 2.41 bits per heavy atom. The molecular formula is C18H26N6O3. The number of carbonyl (C=O) groups excluding carboxylic acids is 1. The number of rotatable bonds is 7. The molecule has 9 heteroatoms. The number of para-hydroxylation sites is 1. The molecule has 0 amide bonds. The second-order valence-electron chi connectivity index (χ2n) is 6.71. The Morgan fingerprint density at radius 2 is 1.81 bits per heavy atom. The van der Waals surface area contributed by atoms with E-state index in [4.69, 9.17) is 4.74 Å². The van der Waals surface area contributed by atoms with Gasteiger partial charge in [-0.05, 0) is 42.3 Å². The highest BCUT2D eigenvalue weighted by atomic mass is 16.5. The van der Waals surface area contributed by atoms with Crippen LogP contribution in [-0.2, 0) is 22.6 Å². The summed E-state index contributed by atoms with van der Waals surface area (Å²) in [6, 6.07) is 9.70. The van der Waals surface area contributed by atoms with Crippen LogP contribution in [0.4, 0.5) is 5.69 Å². The fourth-order valence-corrected chi connectivity index (χ4v) is 3.41. The maximum Gasteiger partial charge on any atom is 0.363 e. The van der Waals surface area contributed by atoms with Gasteiger partial charge in [-0.2, -0.15) is 9.36 Å². The highest BCUT2D eigenvalue weighted by Crippen LogP contribution is 2.28. The Bertz CT molecular complexity index is 808. The van der Waals surface area contributed by atoms with E-state index in [1.54, 1.807) is 0 Å². The molecule has 2 heterocycles. The van der Waals surface area contributed by atoms with Crippen LogP contribution < -0.4 is 11.0 Å². The van der Waals surface area contributed by atoms with Gasteiger partial charge in [-0.15, -0.1) is 0 Å². The molecule has 146 valence electrons. The number of nitrogens with one attached hydrogen (secondary N) is 1. The van der Waals surface area contributed by atoms with Crippen LogP contribution in [0.15, 0.2) is 35.1 Å². The summed E-state index contributed by atoms with van der Waals surface area (Å²) in [6.07, 6.45) is 1.26. The van der Waals surface area contributed by atoms with Crippen molar-refractivity contribution in [3.63, 3.8) is 0 Å². The van der Waals surface area contributed by atoms with E-state index in [-0.39, 0.29) is 11.7 Å². The Balaban J connectivity index is 1.61. The highest BCUT2D eigenvalue weighted by Gasteiger charge is 2.42. The van der Waals surface area contributed by atoms with E-state index in [0.717, 1.165) is 18.8 Å². The molecule has 0 saturated carbocycles. The molecule has 2 aromatic rings. The van der Waals surface area contributed by atoms with E-state index < -0.39 is 5.54 Å². The first-order valence-corrected chi connectivity index (χ1v) is 9.22. The minimum Gasteiger partial charge on any atom is -0.467 e. The highest BCUT2D eigenvalue weighted by molar-refractivity contribution is 5.84. The second kappa shape index (κ2) is 8.34. The molecule has 1 aliphatic heterocycles. The number of tetrazole rings is 1. The quantitative estimate of drug-likeness (QED) is 0.709. The van der Waals surface area contributed by atoms with Crippen molar-refractivity contribution in [1.82, 2.24) is 24.7 Å². The van der Waals surface area contributed by atoms with Gasteiger partial charge in [-0.1, -0.05) is 18.2 Å². The first-order chi connectivity index (χ1) is 13.1. The van der Waals surface area contributed by atoms with E-state index in [0.29, 0.717) is 32.5 Å². The predicted octanol–water partition coefficient (Wildman–Crippen LogP) is 0.579. The molecule has 1 saturated heterocycles.